The number of sulfonamides is 1. The van der Waals surface area contributed by atoms with Crippen LogP contribution in [0.4, 0.5) is 5.69 Å². The lowest BCUT2D eigenvalue weighted by atomic mass is 10.1. The number of carbonyl (C=O) groups excluding carboxylic acids is 1. The molecule has 0 radical (unpaired) electrons. The first-order chi connectivity index (χ1) is 12.5. The fourth-order valence-corrected chi connectivity index (χ4v) is 5.02. The molecule has 3 rings (SSSR count). The zero-order chi connectivity index (χ0) is 18.6. The minimum Gasteiger partial charge on any atom is -0.322 e. The van der Waals surface area contributed by atoms with E-state index in [1.807, 2.05) is 18.4 Å². The highest BCUT2D eigenvalue weighted by molar-refractivity contribution is 7.97. The molecule has 0 aromatic heterocycles. The average Bonchev–Trinajstić information content (AvgIpc) is 3.18. The van der Waals surface area contributed by atoms with E-state index in [0.29, 0.717) is 24.3 Å². The predicted molar refractivity (Wildman–Crippen MR) is 106 cm³/mol. The second-order valence-electron chi connectivity index (χ2n) is 6.22. The molecule has 0 saturated carbocycles. The van der Waals surface area contributed by atoms with Crippen LogP contribution in [0.1, 0.15) is 28.8 Å². The van der Waals surface area contributed by atoms with E-state index in [4.69, 9.17) is 0 Å². The molecular weight excluding hydrogens is 368 g/mol. The summed E-state index contributed by atoms with van der Waals surface area (Å²) in [5, 5.41) is 2.79. The number of amides is 1. The maximum Gasteiger partial charge on any atom is 0.255 e. The van der Waals surface area contributed by atoms with Gasteiger partial charge in [-0.1, -0.05) is 18.2 Å². The molecule has 1 amide bonds. The van der Waals surface area contributed by atoms with Gasteiger partial charge in [0.1, 0.15) is 0 Å². The van der Waals surface area contributed by atoms with Crippen molar-refractivity contribution in [2.75, 3.05) is 24.7 Å². The van der Waals surface area contributed by atoms with Crippen molar-refractivity contribution in [2.24, 2.45) is 0 Å². The van der Waals surface area contributed by atoms with Gasteiger partial charge in [0.15, 0.2) is 0 Å². The summed E-state index contributed by atoms with van der Waals surface area (Å²) in [6.07, 6.45) is 3.81. The lowest BCUT2D eigenvalue weighted by molar-refractivity contribution is 0.102. The third-order valence-electron chi connectivity index (χ3n) is 4.32. The summed E-state index contributed by atoms with van der Waals surface area (Å²) in [6.45, 7) is 1.11. The first kappa shape index (κ1) is 18.9. The van der Waals surface area contributed by atoms with Crippen LogP contribution in [0.2, 0.25) is 0 Å². The van der Waals surface area contributed by atoms with E-state index < -0.39 is 10.0 Å². The smallest absolute Gasteiger partial charge is 0.255 e. The second-order valence-corrected chi connectivity index (χ2v) is 9.03. The van der Waals surface area contributed by atoms with Gasteiger partial charge in [0.25, 0.3) is 5.91 Å². The molecule has 1 heterocycles. The van der Waals surface area contributed by atoms with Crippen LogP contribution < -0.4 is 5.32 Å². The molecule has 2 aromatic rings. The zero-order valence-corrected chi connectivity index (χ0v) is 16.3. The summed E-state index contributed by atoms with van der Waals surface area (Å²) in [5.74, 6) is 0.648. The van der Waals surface area contributed by atoms with Crippen molar-refractivity contribution in [1.82, 2.24) is 4.31 Å². The summed E-state index contributed by atoms with van der Waals surface area (Å²) in [4.78, 5) is 12.6. The van der Waals surface area contributed by atoms with Gasteiger partial charge in [0.2, 0.25) is 10.0 Å². The number of nitrogens with zero attached hydrogens (tertiary/aromatic N) is 1. The van der Waals surface area contributed by atoms with Crippen LogP contribution in [0, 0.1) is 0 Å². The molecule has 5 nitrogen and oxygen atoms in total. The molecule has 7 heteroatoms. The highest BCUT2D eigenvalue weighted by atomic mass is 32.2. The molecule has 0 spiro atoms. The summed E-state index contributed by atoms with van der Waals surface area (Å²) >= 11 is 1.72. The summed E-state index contributed by atoms with van der Waals surface area (Å²) in [7, 11) is -3.49. The van der Waals surface area contributed by atoms with Gasteiger partial charge in [0, 0.05) is 30.1 Å². The zero-order valence-electron chi connectivity index (χ0n) is 14.6. The van der Waals surface area contributed by atoms with E-state index in [-0.39, 0.29) is 10.8 Å². The molecule has 138 valence electrons. The summed E-state index contributed by atoms with van der Waals surface area (Å²) in [5.41, 5.74) is 2.18. The number of carbonyl (C=O) groups is 1. The summed E-state index contributed by atoms with van der Waals surface area (Å²) < 4.78 is 26.8. The van der Waals surface area contributed by atoms with Gasteiger partial charge in [0.05, 0.1) is 4.90 Å². The third-order valence-corrected chi connectivity index (χ3v) is 6.84. The van der Waals surface area contributed by atoms with Crippen LogP contribution in [0.3, 0.4) is 0 Å². The topological polar surface area (TPSA) is 66.5 Å². The van der Waals surface area contributed by atoms with Gasteiger partial charge in [-0.2, -0.15) is 16.1 Å². The van der Waals surface area contributed by atoms with E-state index in [2.05, 4.69) is 5.32 Å². The van der Waals surface area contributed by atoms with Gasteiger partial charge in [-0.25, -0.2) is 8.42 Å². The SMILES string of the molecule is CSCc1ccc(C(=O)Nc2cccc(S(=O)(=O)N3CCCC3)c2)cc1. The monoisotopic (exact) mass is 390 g/mol. The van der Waals surface area contributed by atoms with Gasteiger partial charge < -0.3 is 5.32 Å². The van der Waals surface area contributed by atoms with Crippen LogP contribution in [0.15, 0.2) is 53.4 Å². The normalized spacial score (nSPS) is 15.1. The Morgan fingerprint density at radius 3 is 2.46 bits per heavy atom. The Balaban J connectivity index is 1.75. The van der Waals surface area contributed by atoms with Crippen LogP contribution in [0.5, 0.6) is 0 Å². The largest absolute Gasteiger partial charge is 0.322 e. The predicted octanol–water partition coefficient (Wildman–Crippen LogP) is 3.59. The molecule has 0 unspecified atom stereocenters. The Bertz CT molecular complexity index is 874. The number of hydrogen-bond acceptors (Lipinski definition) is 4. The standard InChI is InChI=1S/C19H22N2O3S2/c1-25-14-15-7-9-16(10-8-15)19(22)20-17-5-4-6-18(13-17)26(23,24)21-11-2-3-12-21/h4-10,13H,2-3,11-12,14H2,1H3,(H,20,22). The summed E-state index contributed by atoms with van der Waals surface area (Å²) in [6, 6.07) is 13.9. The van der Waals surface area contributed by atoms with Crippen molar-refractivity contribution < 1.29 is 13.2 Å². The number of thioether (sulfide) groups is 1. The molecule has 1 aliphatic rings. The van der Waals surface area contributed by atoms with Crippen LogP contribution in [-0.2, 0) is 15.8 Å². The molecule has 0 atom stereocenters. The number of nitrogens with one attached hydrogen (secondary N) is 1. The number of benzene rings is 2. The molecule has 0 bridgehead atoms. The fraction of sp³-hybridized carbons (Fsp3) is 0.316. The van der Waals surface area contributed by atoms with Gasteiger partial charge in [-0.05, 0) is 55.0 Å². The third kappa shape index (κ3) is 4.28. The molecule has 26 heavy (non-hydrogen) atoms. The van der Waals surface area contributed by atoms with E-state index in [1.165, 1.54) is 10.4 Å². The lowest BCUT2D eigenvalue weighted by Gasteiger charge is -2.16. The molecule has 1 fully saturated rings. The Hall–Kier alpha value is -1.83. The minimum absolute atomic E-state index is 0.215. The average molecular weight is 391 g/mol. The minimum atomic E-state index is -3.49. The highest BCUT2D eigenvalue weighted by Crippen LogP contribution is 2.23. The van der Waals surface area contributed by atoms with Crippen molar-refractivity contribution >= 4 is 33.4 Å². The Morgan fingerprint density at radius 1 is 1.12 bits per heavy atom. The highest BCUT2D eigenvalue weighted by Gasteiger charge is 2.27. The fourth-order valence-electron chi connectivity index (χ4n) is 2.93. The maximum atomic E-state index is 12.7. The van der Waals surface area contributed by atoms with Crippen molar-refractivity contribution in [3.8, 4) is 0 Å². The van der Waals surface area contributed by atoms with Crippen molar-refractivity contribution in [2.45, 2.75) is 23.5 Å². The number of anilines is 1. The lowest BCUT2D eigenvalue weighted by Crippen LogP contribution is -2.27. The van der Waals surface area contributed by atoms with E-state index >= 15 is 0 Å². The van der Waals surface area contributed by atoms with Gasteiger partial charge in [-0.15, -0.1) is 0 Å². The molecule has 1 aliphatic heterocycles. The maximum absolute atomic E-state index is 12.7. The molecule has 2 aromatic carbocycles. The van der Waals surface area contributed by atoms with E-state index in [0.717, 1.165) is 24.2 Å². The Labute approximate surface area is 158 Å². The Morgan fingerprint density at radius 2 is 1.81 bits per heavy atom. The number of hydrogen-bond donors (Lipinski definition) is 1. The molecule has 1 saturated heterocycles. The molecule has 1 N–H and O–H groups in total. The van der Waals surface area contributed by atoms with Gasteiger partial charge >= 0.3 is 0 Å². The molecular formula is C19H22N2O3S2. The van der Waals surface area contributed by atoms with Crippen LogP contribution >= 0.6 is 11.8 Å². The van der Waals surface area contributed by atoms with Crippen molar-refractivity contribution in [3.63, 3.8) is 0 Å². The first-order valence-electron chi connectivity index (χ1n) is 8.50. The van der Waals surface area contributed by atoms with Gasteiger partial charge in [-0.3, -0.25) is 4.79 Å². The van der Waals surface area contributed by atoms with E-state index in [1.54, 1.807) is 42.1 Å². The Kier molecular flexibility index (Phi) is 6.01. The molecule has 0 aliphatic carbocycles. The second kappa shape index (κ2) is 8.24. The number of rotatable bonds is 6. The van der Waals surface area contributed by atoms with Crippen molar-refractivity contribution in [1.29, 1.82) is 0 Å². The van der Waals surface area contributed by atoms with Crippen LogP contribution in [-0.4, -0.2) is 38.0 Å². The quantitative estimate of drug-likeness (QED) is 0.819. The van der Waals surface area contributed by atoms with Crippen molar-refractivity contribution in [3.05, 3.63) is 59.7 Å². The van der Waals surface area contributed by atoms with Crippen LogP contribution in [0.25, 0.3) is 0 Å². The first-order valence-corrected chi connectivity index (χ1v) is 11.3. The van der Waals surface area contributed by atoms with E-state index in [9.17, 15) is 13.2 Å².